The van der Waals surface area contributed by atoms with Gasteiger partial charge in [0.1, 0.15) is 10.7 Å². The minimum atomic E-state index is -3.85. The largest absolute Gasteiger partial charge is 0.358 e. The average molecular weight is 267 g/mol. The van der Waals surface area contributed by atoms with Crippen LogP contribution in [0.3, 0.4) is 0 Å². The Bertz CT molecular complexity index is 551. The molecule has 0 aromatic heterocycles. The summed E-state index contributed by atoms with van der Waals surface area (Å²) in [5, 5.41) is 3.64. The van der Waals surface area contributed by atoms with Gasteiger partial charge in [-0.2, -0.15) is 8.42 Å². The zero-order valence-electron chi connectivity index (χ0n) is 9.70. The van der Waals surface area contributed by atoms with E-state index in [2.05, 4.69) is 9.44 Å². The first-order valence-corrected chi connectivity index (χ1v) is 7.05. The molecule has 1 aliphatic rings. The zero-order valence-corrected chi connectivity index (χ0v) is 10.5. The summed E-state index contributed by atoms with van der Waals surface area (Å²) >= 11 is 0. The van der Waals surface area contributed by atoms with Crippen molar-refractivity contribution in [1.29, 1.82) is 0 Å². The summed E-state index contributed by atoms with van der Waals surface area (Å²) < 4.78 is 28.1. The lowest BCUT2D eigenvalue weighted by Crippen LogP contribution is -2.14. The number of benzene rings is 1. The van der Waals surface area contributed by atoms with Crippen LogP contribution in [0, 0.1) is 0 Å². The van der Waals surface area contributed by atoms with Crippen LogP contribution in [0.15, 0.2) is 40.4 Å². The van der Waals surface area contributed by atoms with Gasteiger partial charge >= 0.3 is 10.1 Å². The van der Waals surface area contributed by atoms with Crippen LogP contribution in [0.2, 0.25) is 0 Å². The molecule has 0 bridgehead atoms. The molecule has 1 aromatic rings. The van der Waals surface area contributed by atoms with Crippen LogP contribution >= 0.6 is 0 Å². The second-order valence-electron chi connectivity index (χ2n) is 4.04. The van der Waals surface area contributed by atoms with E-state index >= 15 is 0 Å². The first kappa shape index (κ1) is 12.8. The van der Waals surface area contributed by atoms with Crippen LogP contribution in [-0.4, -0.2) is 19.9 Å². The summed E-state index contributed by atoms with van der Waals surface area (Å²) in [5.74, 6) is 0.180. The summed E-state index contributed by atoms with van der Waals surface area (Å²) in [6, 6.07) is 7.84. The molecule has 0 radical (unpaired) electrons. The van der Waals surface area contributed by atoms with Gasteiger partial charge in [0.05, 0.1) is 5.71 Å². The highest BCUT2D eigenvalue weighted by Gasteiger charge is 2.18. The minimum absolute atomic E-state index is 0.0706. The van der Waals surface area contributed by atoms with E-state index in [-0.39, 0.29) is 10.7 Å². The Labute approximate surface area is 106 Å². The molecule has 0 atom stereocenters. The van der Waals surface area contributed by atoms with Gasteiger partial charge in [0, 0.05) is 12.8 Å². The molecule has 2 rings (SSSR count). The van der Waals surface area contributed by atoms with Gasteiger partial charge in [-0.25, -0.2) is 0 Å². The van der Waals surface area contributed by atoms with Crippen molar-refractivity contribution in [1.82, 2.24) is 0 Å². The summed E-state index contributed by atoms with van der Waals surface area (Å²) in [7, 11) is -3.85. The van der Waals surface area contributed by atoms with Crippen LogP contribution in [-0.2, 0) is 19.2 Å². The number of carbonyl (C=O) groups excluding carboxylic acids is 1. The van der Waals surface area contributed by atoms with Crippen LogP contribution in [0.5, 0.6) is 0 Å². The van der Waals surface area contributed by atoms with Crippen LogP contribution in [0.25, 0.3) is 0 Å². The molecule has 0 N–H and O–H groups in total. The summed E-state index contributed by atoms with van der Waals surface area (Å²) in [4.78, 5) is 11.1. The second-order valence-corrected chi connectivity index (χ2v) is 5.57. The maximum atomic E-state index is 11.7. The Morgan fingerprint density at radius 1 is 1.00 bits per heavy atom. The Balaban J connectivity index is 2.06. The monoisotopic (exact) mass is 267 g/mol. The van der Waals surface area contributed by atoms with Gasteiger partial charge in [0.2, 0.25) is 0 Å². The molecule has 0 aliphatic heterocycles. The smallest absolute Gasteiger partial charge is 0.300 e. The summed E-state index contributed by atoms with van der Waals surface area (Å²) in [6.45, 7) is 0. The minimum Gasteiger partial charge on any atom is -0.300 e. The van der Waals surface area contributed by atoms with Gasteiger partial charge in [-0.3, -0.25) is 9.08 Å². The van der Waals surface area contributed by atoms with Gasteiger partial charge in [-0.1, -0.05) is 23.4 Å². The lowest BCUT2D eigenvalue weighted by Gasteiger charge is -2.10. The third kappa shape index (κ3) is 3.16. The summed E-state index contributed by atoms with van der Waals surface area (Å²) in [6.07, 6.45) is 1.77. The normalized spacial score (nSPS) is 16.4. The number of oxime groups is 1. The second kappa shape index (κ2) is 5.30. The zero-order chi connectivity index (χ0) is 13.0. The lowest BCUT2D eigenvalue weighted by molar-refractivity contribution is -0.119. The van der Waals surface area contributed by atoms with E-state index < -0.39 is 10.1 Å². The molecule has 0 unspecified atom stereocenters. The molecule has 1 fully saturated rings. The molecule has 0 amide bonds. The van der Waals surface area contributed by atoms with E-state index in [1.165, 1.54) is 12.1 Å². The van der Waals surface area contributed by atoms with Crippen molar-refractivity contribution < 1.29 is 17.5 Å². The Morgan fingerprint density at radius 2 is 1.61 bits per heavy atom. The predicted molar refractivity (Wildman–Crippen MR) is 65.6 cm³/mol. The predicted octanol–water partition coefficient (Wildman–Crippen LogP) is 1.89. The van der Waals surface area contributed by atoms with Crippen molar-refractivity contribution in [2.75, 3.05) is 0 Å². The molecule has 96 valence electrons. The molecular formula is C12H13NO4S. The maximum absolute atomic E-state index is 11.7. The number of nitrogens with zero attached hydrogens (tertiary/aromatic N) is 1. The van der Waals surface area contributed by atoms with Crippen LogP contribution in [0.1, 0.15) is 25.7 Å². The quantitative estimate of drug-likeness (QED) is 0.784. The highest BCUT2D eigenvalue weighted by atomic mass is 32.2. The van der Waals surface area contributed by atoms with E-state index in [0.717, 1.165) is 0 Å². The topological polar surface area (TPSA) is 72.8 Å². The Morgan fingerprint density at radius 3 is 2.22 bits per heavy atom. The van der Waals surface area contributed by atoms with E-state index in [1.807, 2.05) is 0 Å². The number of rotatable bonds is 3. The SMILES string of the molecule is O=C1CCC(=NOS(=O)(=O)c2ccccc2)CC1. The first-order chi connectivity index (χ1) is 8.58. The van der Waals surface area contributed by atoms with Crippen molar-refractivity contribution in [3.8, 4) is 0 Å². The molecule has 18 heavy (non-hydrogen) atoms. The molecule has 1 saturated carbocycles. The molecule has 0 spiro atoms. The van der Waals surface area contributed by atoms with Gasteiger partial charge in [-0.05, 0) is 25.0 Å². The highest BCUT2D eigenvalue weighted by Crippen LogP contribution is 2.15. The molecular weight excluding hydrogens is 254 g/mol. The first-order valence-electron chi connectivity index (χ1n) is 5.64. The number of carbonyl (C=O) groups is 1. The number of ketones is 1. The fourth-order valence-corrected chi connectivity index (χ4v) is 2.42. The molecule has 6 heteroatoms. The van der Waals surface area contributed by atoms with E-state index in [0.29, 0.717) is 31.4 Å². The third-order valence-corrected chi connectivity index (χ3v) is 3.80. The van der Waals surface area contributed by atoms with E-state index in [9.17, 15) is 13.2 Å². The van der Waals surface area contributed by atoms with Gasteiger partial charge in [0.15, 0.2) is 0 Å². The number of hydrogen-bond donors (Lipinski definition) is 0. The fourth-order valence-electron chi connectivity index (χ4n) is 1.64. The van der Waals surface area contributed by atoms with Crippen molar-refractivity contribution in [2.45, 2.75) is 30.6 Å². The number of hydrogen-bond acceptors (Lipinski definition) is 5. The highest BCUT2D eigenvalue weighted by molar-refractivity contribution is 7.86. The van der Waals surface area contributed by atoms with Crippen LogP contribution in [0.4, 0.5) is 0 Å². The third-order valence-electron chi connectivity index (χ3n) is 2.68. The summed E-state index contributed by atoms with van der Waals surface area (Å²) in [5.41, 5.74) is 0.620. The standard InChI is InChI=1S/C12H13NO4S/c14-11-8-6-10(7-9-11)13-17-18(15,16)12-4-2-1-3-5-12/h1-5H,6-9H2. The average Bonchev–Trinajstić information content (AvgIpc) is 2.39. The van der Waals surface area contributed by atoms with Gasteiger partial charge < -0.3 is 0 Å². The molecule has 5 nitrogen and oxygen atoms in total. The molecule has 1 aromatic carbocycles. The Hall–Kier alpha value is -1.69. The Kier molecular flexibility index (Phi) is 3.76. The fraction of sp³-hybridized carbons (Fsp3) is 0.333. The van der Waals surface area contributed by atoms with Crippen LogP contribution < -0.4 is 0 Å². The van der Waals surface area contributed by atoms with E-state index in [1.54, 1.807) is 18.2 Å². The van der Waals surface area contributed by atoms with Crippen molar-refractivity contribution in [3.63, 3.8) is 0 Å². The van der Waals surface area contributed by atoms with Gasteiger partial charge in [-0.15, -0.1) is 0 Å². The van der Waals surface area contributed by atoms with Crippen molar-refractivity contribution in [2.24, 2.45) is 5.16 Å². The van der Waals surface area contributed by atoms with E-state index in [4.69, 9.17) is 0 Å². The van der Waals surface area contributed by atoms with Gasteiger partial charge in [0.25, 0.3) is 0 Å². The number of Topliss-reactive ketones (excluding diaryl/α,β-unsaturated/α-hetero) is 1. The molecule has 1 aliphatic carbocycles. The molecule has 0 heterocycles. The lowest BCUT2D eigenvalue weighted by atomic mass is 9.98. The van der Waals surface area contributed by atoms with Crippen molar-refractivity contribution in [3.05, 3.63) is 30.3 Å². The maximum Gasteiger partial charge on any atom is 0.358 e. The van der Waals surface area contributed by atoms with Crippen molar-refractivity contribution >= 4 is 21.6 Å². The molecule has 0 saturated heterocycles.